The molecule has 4 rings (SSSR count). The molecule has 3 aromatic rings. The van der Waals surface area contributed by atoms with E-state index < -0.39 is 10.0 Å². The van der Waals surface area contributed by atoms with Crippen molar-refractivity contribution in [2.45, 2.75) is 24.7 Å². The summed E-state index contributed by atoms with van der Waals surface area (Å²) in [6.45, 7) is 2.52. The lowest BCUT2D eigenvalue weighted by Crippen LogP contribution is -2.23. The van der Waals surface area contributed by atoms with Crippen molar-refractivity contribution in [3.63, 3.8) is 0 Å². The van der Waals surface area contributed by atoms with E-state index in [0.29, 0.717) is 29.9 Å². The molecule has 0 unspecified atom stereocenters. The fourth-order valence-corrected chi connectivity index (χ4v) is 4.66. The van der Waals surface area contributed by atoms with Crippen LogP contribution >= 0.6 is 0 Å². The van der Waals surface area contributed by atoms with E-state index in [9.17, 15) is 18.0 Å². The summed E-state index contributed by atoms with van der Waals surface area (Å²) in [7, 11) is -3.75. The van der Waals surface area contributed by atoms with Crippen molar-refractivity contribution >= 4 is 38.9 Å². The molecule has 0 aliphatic carbocycles. The number of hydrogen-bond donors (Lipinski definition) is 2. The van der Waals surface area contributed by atoms with Gasteiger partial charge in [-0.2, -0.15) is 0 Å². The first-order valence-corrected chi connectivity index (χ1v) is 11.7. The molecule has 0 spiro atoms. The van der Waals surface area contributed by atoms with Gasteiger partial charge in [-0.1, -0.05) is 18.2 Å². The number of aryl methyl sites for hydroxylation is 1. The summed E-state index contributed by atoms with van der Waals surface area (Å²) in [6, 6.07) is 19.9. The van der Waals surface area contributed by atoms with Gasteiger partial charge in [0.2, 0.25) is 5.91 Å². The average Bonchev–Trinajstić information content (AvgIpc) is 3.21. The SMILES string of the molecule is Cc1ccccc1NS(=O)(=O)c1ccc(NC(=O)c2ccc(N3CCCC3=O)cc2)cc1. The van der Waals surface area contributed by atoms with Crippen LogP contribution in [0.3, 0.4) is 0 Å². The molecule has 1 aliphatic heterocycles. The van der Waals surface area contributed by atoms with Crippen molar-refractivity contribution in [3.05, 3.63) is 83.9 Å². The van der Waals surface area contributed by atoms with Crippen molar-refractivity contribution < 1.29 is 18.0 Å². The zero-order valence-electron chi connectivity index (χ0n) is 17.5. The molecular weight excluding hydrogens is 426 g/mol. The van der Waals surface area contributed by atoms with Crippen LogP contribution < -0.4 is 14.9 Å². The van der Waals surface area contributed by atoms with Crippen molar-refractivity contribution in [1.29, 1.82) is 0 Å². The molecule has 0 saturated carbocycles. The fourth-order valence-electron chi connectivity index (χ4n) is 3.53. The molecule has 1 heterocycles. The normalized spacial score (nSPS) is 13.8. The van der Waals surface area contributed by atoms with Crippen LogP contribution in [-0.2, 0) is 14.8 Å². The zero-order valence-corrected chi connectivity index (χ0v) is 18.4. The Balaban J connectivity index is 1.42. The van der Waals surface area contributed by atoms with Gasteiger partial charge in [0.25, 0.3) is 15.9 Å². The van der Waals surface area contributed by atoms with Crippen LogP contribution in [-0.4, -0.2) is 26.8 Å². The first kappa shape index (κ1) is 21.6. The second-order valence-electron chi connectivity index (χ2n) is 7.59. The van der Waals surface area contributed by atoms with Crippen LogP contribution in [0.2, 0.25) is 0 Å². The maximum absolute atomic E-state index is 12.6. The van der Waals surface area contributed by atoms with Crippen molar-refractivity contribution in [3.8, 4) is 0 Å². The van der Waals surface area contributed by atoms with E-state index in [1.54, 1.807) is 53.4 Å². The zero-order chi connectivity index (χ0) is 22.7. The predicted molar refractivity (Wildman–Crippen MR) is 124 cm³/mol. The highest BCUT2D eigenvalue weighted by atomic mass is 32.2. The molecule has 7 nitrogen and oxygen atoms in total. The Morgan fingerprint density at radius 2 is 1.62 bits per heavy atom. The van der Waals surface area contributed by atoms with Gasteiger partial charge in [0.1, 0.15) is 0 Å². The summed E-state index contributed by atoms with van der Waals surface area (Å²) in [4.78, 5) is 26.2. The van der Waals surface area contributed by atoms with Gasteiger partial charge in [0.05, 0.1) is 10.6 Å². The molecule has 0 bridgehead atoms. The third-order valence-electron chi connectivity index (χ3n) is 5.33. The van der Waals surface area contributed by atoms with Gasteiger partial charge in [0.15, 0.2) is 0 Å². The van der Waals surface area contributed by atoms with Gasteiger partial charge in [0, 0.05) is 29.9 Å². The van der Waals surface area contributed by atoms with E-state index in [1.165, 1.54) is 12.1 Å². The Labute approximate surface area is 187 Å². The summed E-state index contributed by atoms with van der Waals surface area (Å²) < 4.78 is 27.9. The third kappa shape index (κ3) is 4.65. The van der Waals surface area contributed by atoms with E-state index in [1.807, 2.05) is 19.1 Å². The van der Waals surface area contributed by atoms with Gasteiger partial charge in [-0.05, 0) is 73.5 Å². The Kier molecular flexibility index (Phi) is 5.96. The van der Waals surface area contributed by atoms with Gasteiger partial charge in [-0.15, -0.1) is 0 Å². The second-order valence-corrected chi connectivity index (χ2v) is 9.28. The summed E-state index contributed by atoms with van der Waals surface area (Å²) in [5, 5.41) is 2.76. The summed E-state index contributed by atoms with van der Waals surface area (Å²) >= 11 is 0. The highest BCUT2D eigenvalue weighted by Crippen LogP contribution is 2.23. The number of sulfonamides is 1. The fraction of sp³-hybridized carbons (Fsp3) is 0.167. The van der Waals surface area contributed by atoms with E-state index in [-0.39, 0.29) is 16.7 Å². The molecule has 8 heteroatoms. The monoisotopic (exact) mass is 449 g/mol. The Hall–Kier alpha value is -3.65. The Bertz CT molecular complexity index is 1250. The van der Waals surface area contributed by atoms with Crippen molar-refractivity contribution in [2.75, 3.05) is 21.5 Å². The average molecular weight is 450 g/mol. The number of hydrogen-bond acceptors (Lipinski definition) is 4. The Morgan fingerprint density at radius 3 is 2.25 bits per heavy atom. The molecule has 2 N–H and O–H groups in total. The van der Waals surface area contributed by atoms with Gasteiger partial charge < -0.3 is 10.2 Å². The summed E-state index contributed by atoms with van der Waals surface area (Å²) in [5.41, 5.74) is 3.03. The number of nitrogens with zero attached hydrogens (tertiary/aromatic N) is 1. The minimum atomic E-state index is -3.75. The first-order chi connectivity index (χ1) is 15.3. The lowest BCUT2D eigenvalue weighted by atomic mass is 10.1. The Morgan fingerprint density at radius 1 is 0.938 bits per heavy atom. The molecule has 32 heavy (non-hydrogen) atoms. The van der Waals surface area contributed by atoms with Crippen LogP contribution in [0.15, 0.2) is 77.7 Å². The molecular formula is C24H23N3O4S. The maximum Gasteiger partial charge on any atom is 0.261 e. The van der Waals surface area contributed by atoms with Crippen molar-refractivity contribution in [1.82, 2.24) is 0 Å². The molecule has 0 radical (unpaired) electrons. The van der Waals surface area contributed by atoms with Crippen LogP contribution in [0.1, 0.15) is 28.8 Å². The number of amides is 2. The number of carbonyl (C=O) groups is 2. The minimum absolute atomic E-state index is 0.0918. The third-order valence-corrected chi connectivity index (χ3v) is 6.71. The quantitative estimate of drug-likeness (QED) is 0.590. The second kappa shape index (κ2) is 8.84. The maximum atomic E-state index is 12.6. The van der Waals surface area contributed by atoms with Crippen LogP contribution in [0.5, 0.6) is 0 Å². The number of anilines is 3. The summed E-state index contributed by atoms with van der Waals surface area (Å²) in [5.74, 6) is -0.230. The van der Waals surface area contributed by atoms with Gasteiger partial charge in [-0.3, -0.25) is 14.3 Å². The molecule has 2 amide bonds. The van der Waals surface area contributed by atoms with E-state index >= 15 is 0 Å². The molecule has 1 fully saturated rings. The number of carbonyl (C=O) groups excluding carboxylic acids is 2. The highest BCUT2D eigenvalue weighted by Gasteiger charge is 2.21. The number of rotatable bonds is 6. The molecule has 1 aliphatic rings. The van der Waals surface area contributed by atoms with E-state index in [4.69, 9.17) is 0 Å². The molecule has 0 atom stereocenters. The van der Waals surface area contributed by atoms with E-state index in [0.717, 1.165) is 17.7 Å². The lowest BCUT2D eigenvalue weighted by molar-refractivity contribution is -0.117. The van der Waals surface area contributed by atoms with Crippen molar-refractivity contribution in [2.24, 2.45) is 0 Å². The van der Waals surface area contributed by atoms with Crippen LogP contribution in [0.25, 0.3) is 0 Å². The highest BCUT2D eigenvalue weighted by molar-refractivity contribution is 7.92. The molecule has 0 aromatic heterocycles. The van der Waals surface area contributed by atoms with E-state index in [2.05, 4.69) is 10.0 Å². The van der Waals surface area contributed by atoms with Gasteiger partial charge >= 0.3 is 0 Å². The molecule has 1 saturated heterocycles. The standard InChI is InChI=1S/C24H23N3O4S/c1-17-5-2-3-6-22(17)26-32(30,31)21-14-10-19(11-15-21)25-24(29)18-8-12-20(13-9-18)27-16-4-7-23(27)28/h2-3,5-6,8-15,26H,4,7,16H2,1H3,(H,25,29). The molecule has 3 aromatic carbocycles. The summed E-state index contributed by atoms with van der Waals surface area (Å²) in [6.07, 6.45) is 1.39. The number of para-hydroxylation sites is 1. The first-order valence-electron chi connectivity index (χ1n) is 10.2. The number of nitrogens with one attached hydrogen (secondary N) is 2. The van der Waals surface area contributed by atoms with Crippen LogP contribution in [0, 0.1) is 6.92 Å². The van der Waals surface area contributed by atoms with Gasteiger partial charge in [-0.25, -0.2) is 8.42 Å². The smallest absolute Gasteiger partial charge is 0.261 e. The lowest BCUT2D eigenvalue weighted by Gasteiger charge is -2.16. The number of benzene rings is 3. The topological polar surface area (TPSA) is 95.6 Å². The predicted octanol–water partition coefficient (Wildman–Crippen LogP) is 4.17. The molecule has 164 valence electrons. The largest absolute Gasteiger partial charge is 0.322 e. The van der Waals surface area contributed by atoms with Crippen LogP contribution in [0.4, 0.5) is 17.1 Å². The minimum Gasteiger partial charge on any atom is -0.322 e.